The molecule has 30 heavy (non-hydrogen) atoms. The van der Waals surface area contributed by atoms with Crippen LogP contribution in [0.25, 0.3) is 17.1 Å². The fourth-order valence-corrected chi connectivity index (χ4v) is 2.98. The Kier molecular flexibility index (Phi) is 5.34. The zero-order valence-corrected chi connectivity index (χ0v) is 16.5. The molecule has 0 atom stereocenters. The second-order valence-electron chi connectivity index (χ2n) is 6.61. The number of halogens is 1. The molecule has 0 radical (unpaired) electrons. The summed E-state index contributed by atoms with van der Waals surface area (Å²) in [6, 6.07) is 6.05. The van der Waals surface area contributed by atoms with Crippen LogP contribution in [0.2, 0.25) is 0 Å². The number of aryl methyl sites for hydroxylation is 1. The molecule has 0 fully saturated rings. The van der Waals surface area contributed by atoms with E-state index in [0.717, 1.165) is 11.3 Å². The number of aromatic nitrogens is 6. The molecule has 0 aliphatic rings. The van der Waals surface area contributed by atoms with Gasteiger partial charge in [-0.15, -0.1) is 0 Å². The van der Waals surface area contributed by atoms with Crippen molar-refractivity contribution in [3.8, 4) is 22.8 Å². The Bertz CT molecular complexity index is 1230. The summed E-state index contributed by atoms with van der Waals surface area (Å²) in [5.41, 5.74) is 1.85. The Balaban J connectivity index is 1.64. The normalized spacial score (nSPS) is 10.9. The highest BCUT2D eigenvalue weighted by molar-refractivity contribution is 5.57. The maximum Gasteiger partial charge on any atom is 0.203 e. The molecule has 3 aromatic heterocycles. The molecular weight excluding hydrogens is 387 g/mol. The smallest absolute Gasteiger partial charge is 0.203 e. The lowest BCUT2D eigenvalue weighted by atomic mass is 10.0. The third kappa shape index (κ3) is 4.09. The molecule has 0 aliphatic heterocycles. The van der Waals surface area contributed by atoms with Crippen LogP contribution in [-0.4, -0.2) is 36.1 Å². The summed E-state index contributed by atoms with van der Waals surface area (Å²) in [4.78, 5) is 20.7. The van der Waals surface area contributed by atoms with Gasteiger partial charge in [-0.2, -0.15) is 10.2 Å². The molecule has 4 rings (SSSR count). The molecule has 9 heteroatoms. The summed E-state index contributed by atoms with van der Waals surface area (Å²) in [6.07, 6.45) is 8.28. The van der Waals surface area contributed by atoms with Gasteiger partial charge >= 0.3 is 0 Å². The first kappa shape index (κ1) is 19.4. The molecule has 8 nitrogen and oxygen atoms in total. The van der Waals surface area contributed by atoms with Crippen molar-refractivity contribution >= 4 is 0 Å². The highest BCUT2D eigenvalue weighted by atomic mass is 19.1. The molecule has 1 aromatic carbocycles. The largest absolute Gasteiger partial charge is 0.491 e. The Morgan fingerprint density at radius 2 is 1.93 bits per heavy atom. The van der Waals surface area contributed by atoms with E-state index in [1.54, 1.807) is 47.1 Å². The van der Waals surface area contributed by atoms with E-state index < -0.39 is 5.82 Å². The van der Waals surface area contributed by atoms with Gasteiger partial charge in [-0.3, -0.25) is 9.48 Å². The van der Waals surface area contributed by atoms with E-state index in [0.29, 0.717) is 18.1 Å². The van der Waals surface area contributed by atoms with E-state index in [-0.39, 0.29) is 23.2 Å². The predicted octanol–water partition coefficient (Wildman–Crippen LogP) is 2.55. The van der Waals surface area contributed by atoms with E-state index in [2.05, 4.69) is 20.2 Å². The van der Waals surface area contributed by atoms with Crippen molar-refractivity contribution in [1.82, 2.24) is 29.5 Å². The topological polar surface area (TPSA) is 87.7 Å². The molecule has 152 valence electrons. The van der Waals surface area contributed by atoms with Crippen LogP contribution in [0.3, 0.4) is 0 Å². The van der Waals surface area contributed by atoms with Crippen molar-refractivity contribution in [2.24, 2.45) is 7.05 Å². The highest BCUT2D eigenvalue weighted by Crippen LogP contribution is 2.22. The maximum absolute atomic E-state index is 14.4. The zero-order valence-electron chi connectivity index (χ0n) is 16.5. The number of benzene rings is 1. The van der Waals surface area contributed by atoms with Gasteiger partial charge in [-0.25, -0.2) is 19.0 Å². The number of rotatable bonds is 6. The van der Waals surface area contributed by atoms with Gasteiger partial charge in [0.1, 0.15) is 17.2 Å². The average Bonchev–Trinajstić information content (AvgIpc) is 3.18. The molecule has 0 saturated heterocycles. The van der Waals surface area contributed by atoms with E-state index in [1.807, 2.05) is 6.92 Å². The van der Waals surface area contributed by atoms with Crippen LogP contribution < -0.4 is 10.2 Å². The molecule has 0 aliphatic carbocycles. The lowest BCUT2D eigenvalue weighted by Gasteiger charge is -2.08. The molecule has 3 heterocycles. The number of ether oxygens (including phenoxy) is 1. The van der Waals surface area contributed by atoms with Crippen molar-refractivity contribution in [2.75, 3.05) is 6.61 Å². The van der Waals surface area contributed by atoms with Gasteiger partial charge < -0.3 is 4.74 Å². The lowest BCUT2D eigenvalue weighted by Crippen LogP contribution is -2.16. The second-order valence-corrected chi connectivity index (χ2v) is 6.61. The number of nitrogens with zero attached hydrogens (tertiary/aromatic N) is 6. The van der Waals surface area contributed by atoms with Crippen LogP contribution in [0.5, 0.6) is 5.75 Å². The van der Waals surface area contributed by atoms with Crippen molar-refractivity contribution < 1.29 is 9.13 Å². The molecule has 0 unspecified atom stereocenters. The summed E-state index contributed by atoms with van der Waals surface area (Å²) >= 11 is 0. The number of hydrogen-bond donors (Lipinski definition) is 0. The molecular formula is C21H19FN6O2. The van der Waals surface area contributed by atoms with E-state index in [4.69, 9.17) is 4.74 Å². The van der Waals surface area contributed by atoms with Gasteiger partial charge in [-0.1, -0.05) is 6.07 Å². The van der Waals surface area contributed by atoms with Gasteiger partial charge in [-0.05, 0) is 24.6 Å². The van der Waals surface area contributed by atoms with Crippen molar-refractivity contribution in [3.63, 3.8) is 0 Å². The first-order chi connectivity index (χ1) is 14.5. The summed E-state index contributed by atoms with van der Waals surface area (Å²) in [7, 11) is 1.80. The molecule has 0 spiro atoms. The summed E-state index contributed by atoms with van der Waals surface area (Å²) in [6.45, 7) is 2.35. The van der Waals surface area contributed by atoms with Gasteiger partial charge in [0.05, 0.1) is 37.0 Å². The van der Waals surface area contributed by atoms with Crippen molar-refractivity contribution in [2.45, 2.75) is 13.3 Å². The quantitative estimate of drug-likeness (QED) is 0.489. The van der Waals surface area contributed by atoms with E-state index in [1.165, 1.54) is 24.5 Å². The van der Waals surface area contributed by atoms with Crippen molar-refractivity contribution in [3.05, 3.63) is 82.5 Å². The Morgan fingerprint density at radius 1 is 1.13 bits per heavy atom. The molecule has 0 N–H and O–H groups in total. The SMILES string of the molecule is CCOc1cnc(-c2cc(Cc3nn(-c4cnn(C)c4)ccc3=O)ccc2F)nc1. The summed E-state index contributed by atoms with van der Waals surface area (Å²) in [5, 5.41) is 8.53. The second kappa shape index (κ2) is 8.24. The monoisotopic (exact) mass is 406 g/mol. The Hall–Kier alpha value is -3.88. The van der Waals surface area contributed by atoms with Crippen LogP contribution >= 0.6 is 0 Å². The van der Waals surface area contributed by atoms with Gasteiger partial charge in [0.2, 0.25) is 5.43 Å². The van der Waals surface area contributed by atoms with Crippen molar-refractivity contribution in [1.29, 1.82) is 0 Å². The standard InChI is InChI=1S/C21H19FN6O2/c1-3-30-16-11-23-21(24-12-16)17-8-14(4-5-18(17)22)9-19-20(29)6-7-28(26-19)15-10-25-27(2)13-15/h4-8,10-13H,3,9H2,1-2H3. The Morgan fingerprint density at radius 3 is 2.63 bits per heavy atom. The third-order valence-electron chi connectivity index (χ3n) is 4.42. The average molecular weight is 406 g/mol. The van der Waals surface area contributed by atoms with Gasteiger partial charge in [0, 0.05) is 25.7 Å². The first-order valence-electron chi connectivity index (χ1n) is 9.35. The highest BCUT2D eigenvalue weighted by Gasteiger charge is 2.12. The minimum Gasteiger partial charge on any atom is -0.491 e. The minimum atomic E-state index is -0.447. The van der Waals surface area contributed by atoms with Crippen LogP contribution in [0.4, 0.5) is 4.39 Å². The van der Waals surface area contributed by atoms with Gasteiger partial charge in [0.15, 0.2) is 11.6 Å². The van der Waals surface area contributed by atoms with Crippen LogP contribution in [0.15, 0.2) is 60.0 Å². The summed E-state index contributed by atoms with van der Waals surface area (Å²) < 4.78 is 23.0. The minimum absolute atomic E-state index is 0.196. The van der Waals surface area contributed by atoms with Gasteiger partial charge in [0.25, 0.3) is 0 Å². The third-order valence-corrected chi connectivity index (χ3v) is 4.42. The summed E-state index contributed by atoms with van der Waals surface area (Å²) in [5.74, 6) is 0.311. The maximum atomic E-state index is 14.4. The predicted molar refractivity (Wildman–Crippen MR) is 108 cm³/mol. The molecule has 0 saturated carbocycles. The van der Waals surface area contributed by atoms with Crippen LogP contribution in [-0.2, 0) is 13.5 Å². The Labute approximate surface area is 171 Å². The van der Waals surface area contributed by atoms with E-state index in [9.17, 15) is 9.18 Å². The van der Waals surface area contributed by atoms with E-state index >= 15 is 0 Å². The molecule has 0 amide bonds. The van der Waals surface area contributed by atoms with Crippen LogP contribution in [0, 0.1) is 5.82 Å². The molecule has 4 aromatic rings. The fraction of sp³-hybridized carbons (Fsp3) is 0.190. The zero-order chi connectivity index (χ0) is 21.1. The first-order valence-corrected chi connectivity index (χ1v) is 9.35. The lowest BCUT2D eigenvalue weighted by molar-refractivity contribution is 0.337. The number of hydrogen-bond acceptors (Lipinski definition) is 6. The fourth-order valence-electron chi connectivity index (χ4n) is 2.98. The van der Waals surface area contributed by atoms with Crippen LogP contribution in [0.1, 0.15) is 18.2 Å². The molecule has 0 bridgehead atoms.